The van der Waals surface area contributed by atoms with Gasteiger partial charge in [0.2, 0.25) is 0 Å². The molecule has 0 atom stereocenters. The monoisotopic (exact) mass is 271 g/mol. The third kappa shape index (κ3) is 2.07. The molecule has 1 aromatic heterocycles. The van der Waals surface area contributed by atoms with Gasteiger partial charge in [0, 0.05) is 5.39 Å². The minimum absolute atomic E-state index is 0.235. The van der Waals surface area contributed by atoms with Crippen LogP contribution in [-0.2, 0) is 6.54 Å². The van der Waals surface area contributed by atoms with Crippen molar-refractivity contribution < 1.29 is 9.13 Å². The molecule has 2 N–H and O–H groups in total. The van der Waals surface area contributed by atoms with Gasteiger partial charge in [-0.05, 0) is 29.8 Å². The van der Waals surface area contributed by atoms with E-state index in [1.165, 1.54) is 13.2 Å². The molecule has 1 heterocycles. The molecule has 0 amide bonds. The first kappa shape index (κ1) is 12.5. The smallest absolute Gasteiger partial charge is 0.165 e. The van der Waals surface area contributed by atoms with Gasteiger partial charge in [0.1, 0.15) is 0 Å². The fraction of sp³-hybridized carbons (Fsp3) is 0.133. The molecule has 0 bridgehead atoms. The SMILES string of the molecule is COc1ccc(Cn2nc(N)c3ccccc32)cc1F. The molecule has 0 spiro atoms. The highest BCUT2D eigenvalue weighted by Crippen LogP contribution is 2.22. The molecule has 3 rings (SSSR count). The molecule has 0 saturated heterocycles. The van der Waals surface area contributed by atoms with E-state index in [0.717, 1.165) is 16.5 Å². The lowest BCUT2D eigenvalue weighted by molar-refractivity contribution is 0.386. The number of para-hydroxylation sites is 1. The fourth-order valence-corrected chi connectivity index (χ4v) is 2.25. The number of benzene rings is 2. The Balaban J connectivity index is 1.99. The third-order valence-electron chi connectivity index (χ3n) is 3.24. The van der Waals surface area contributed by atoms with Crippen LogP contribution in [0.1, 0.15) is 5.56 Å². The Morgan fingerprint density at radius 3 is 2.80 bits per heavy atom. The van der Waals surface area contributed by atoms with E-state index in [1.54, 1.807) is 10.7 Å². The maximum Gasteiger partial charge on any atom is 0.165 e. The summed E-state index contributed by atoms with van der Waals surface area (Å²) in [6.45, 7) is 0.457. The van der Waals surface area contributed by atoms with E-state index >= 15 is 0 Å². The number of nitrogens with zero attached hydrogens (tertiary/aromatic N) is 2. The van der Waals surface area contributed by atoms with Crippen molar-refractivity contribution >= 4 is 16.7 Å². The zero-order chi connectivity index (χ0) is 14.1. The zero-order valence-electron chi connectivity index (χ0n) is 11.0. The van der Waals surface area contributed by atoms with Gasteiger partial charge in [0.05, 0.1) is 19.2 Å². The van der Waals surface area contributed by atoms with Gasteiger partial charge in [0.25, 0.3) is 0 Å². The number of halogens is 1. The fourth-order valence-electron chi connectivity index (χ4n) is 2.25. The third-order valence-corrected chi connectivity index (χ3v) is 3.24. The Morgan fingerprint density at radius 2 is 2.05 bits per heavy atom. The topological polar surface area (TPSA) is 53.1 Å². The number of nitrogen functional groups attached to an aromatic ring is 1. The van der Waals surface area contributed by atoms with Crippen molar-refractivity contribution in [1.82, 2.24) is 9.78 Å². The van der Waals surface area contributed by atoms with Crippen molar-refractivity contribution in [1.29, 1.82) is 0 Å². The number of hydrogen-bond acceptors (Lipinski definition) is 3. The molecule has 0 radical (unpaired) electrons. The maximum atomic E-state index is 13.7. The number of hydrogen-bond donors (Lipinski definition) is 1. The lowest BCUT2D eigenvalue weighted by Crippen LogP contribution is -2.03. The number of ether oxygens (including phenoxy) is 1. The number of anilines is 1. The summed E-state index contributed by atoms with van der Waals surface area (Å²) in [6.07, 6.45) is 0. The van der Waals surface area contributed by atoms with Crippen LogP contribution in [0.25, 0.3) is 10.9 Å². The molecule has 4 nitrogen and oxygen atoms in total. The second kappa shape index (κ2) is 4.85. The van der Waals surface area contributed by atoms with Crippen LogP contribution in [-0.4, -0.2) is 16.9 Å². The second-order valence-corrected chi connectivity index (χ2v) is 4.53. The summed E-state index contributed by atoms with van der Waals surface area (Å²) in [6, 6.07) is 12.6. The van der Waals surface area contributed by atoms with Crippen LogP contribution in [0.4, 0.5) is 10.2 Å². The van der Waals surface area contributed by atoms with E-state index in [9.17, 15) is 4.39 Å². The minimum Gasteiger partial charge on any atom is -0.494 e. The van der Waals surface area contributed by atoms with Crippen LogP contribution in [0.3, 0.4) is 0 Å². The second-order valence-electron chi connectivity index (χ2n) is 4.53. The number of aromatic nitrogens is 2. The van der Waals surface area contributed by atoms with E-state index in [0.29, 0.717) is 12.4 Å². The van der Waals surface area contributed by atoms with Crippen molar-refractivity contribution in [3.8, 4) is 5.75 Å². The van der Waals surface area contributed by atoms with Crippen LogP contribution < -0.4 is 10.5 Å². The summed E-state index contributed by atoms with van der Waals surface area (Å²) in [5, 5.41) is 5.20. The molecule has 0 aliphatic carbocycles. The predicted molar refractivity (Wildman–Crippen MR) is 76.2 cm³/mol. The Kier molecular flexibility index (Phi) is 3.02. The first-order chi connectivity index (χ1) is 9.69. The van der Waals surface area contributed by atoms with Crippen LogP contribution in [0.15, 0.2) is 42.5 Å². The highest BCUT2D eigenvalue weighted by Gasteiger charge is 2.09. The number of nitrogens with two attached hydrogens (primary N) is 1. The summed E-state index contributed by atoms with van der Waals surface area (Å²) < 4.78 is 20.4. The normalized spacial score (nSPS) is 10.9. The van der Waals surface area contributed by atoms with Gasteiger partial charge in [-0.3, -0.25) is 4.68 Å². The molecule has 102 valence electrons. The van der Waals surface area contributed by atoms with Crippen molar-refractivity contribution in [3.05, 3.63) is 53.8 Å². The summed E-state index contributed by atoms with van der Waals surface area (Å²) in [5.74, 6) is 0.336. The summed E-state index contributed by atoms with van der Waals surface area (Å²) in [7, 11) is 1.44. The van der Waals surface area contributed by atoms with E-state index in [2.05, 4.69) is 5.10 Å². The van der Waals surface area contributed by atoms with Crippen molar-refractivity contribution in [2.24, 2.45) is 0 Å². The number of fused-ring (bicyclic) bond motifs is 1. The number of rotatable bonds is 3. The van der Waals surface area contributed by atoms with Crippen LogP contribution in [0.2, 0.25) is 0 Å². The standard InChI is InChI=1S/C15H14FN3O/c1-20-14-7-6-10(8-12(14)16)9-19-13-5-3-2-4-11(13)15(17)18-19/h2-8H,9H2,1H3,(H2,17,18). The average Bonchev–Trinajstić information content (AvgIpc) is 2.76. The summed E-state index contributed by atoms with van der Waals surface area (Å²) >= 11 is 0. The highest BCUT2D eigenvalue weighted by atomic mass is 19.1. The summed E-state index contributed by atoms with van der Waals surface area (Å²) in [5.41, 5.74) is 7.61. The van der Waals surface area contributed by atoms with Gasteiger partial charge in [-0.15, -0.1) is 0 Å². The Bertz CT molecular complexity index is 767. The van der Waals surface area contributed by atoms with Crippen LogP contribution >= 0.6 is 0 Å². The zero-order valence-corrected chi connectivity index (χ0v) is 11.0. The molecule has 0 saturated carbocycles. The molecular weight excluding hydrogens is 257 g/mol. The lowest BCUT2D eigenvalue weighted by atomic mass is 10.2. The molecule has 2 aromatic carbocycles. The number of methoxy groups -OCH3 is 1. The van der Waals surface area contributed by atoms with Gasteiger partial charge in [0.15, 0.2) is 17.4 Å². The molecule has 5 heteroatoms. The van der Waals surface area contributed by atoms with Crippen LogP contribution in [0, 0.1) is 5.82 Å². The molecule has 0 aliphatic heterocycles. The first-order valence-corrected chi connectivity index (χ1v) is 6.22. The van der Waals surface area contributed by atoms with Crippen LogP contribution in [0.5, 0.6) is 5.75 Å². The van der Waals surface area contributed by atoms with E-state index in [4.69, 9.17) is 10.5 Å². The Labute approximate surface area is 115 Å². The van der Waals surface area contributed by atoms with Gasteiger partial charge in [-0.1, -0.05) is 18.2 Å². The van der Waals surface area contributed by atoms with Gasteiger partial charge < -0.3 is 10.5 Å². The molecule has 3 aromatic rings. The van der Waals surface area contributed by atoms with Gasteiger partial charge in [-0.25, -0.2) is 4.39 Å². The largest absolute Gasteiger partial charge is 0.494 e. The summed E-state index contributed by atoms with van der Waals surface area (Å²) in [4.78, 5) is 0. The molecular formula is C15H14FN3O. The quantitative estimate of drug-likeness (QED) is 0.797. The Hall–Kier alpha value is -2.56. The highest BCUT2D eigenvalue weighted by molar-refractivity contribution is 5.89. The maximum absolute atomic E-state index is 13.7. The van der Waals surface area contributed by atoms with E-state index in [1.807, 2.05) is 30.3 Å². The average molecular weight is 271 g/mol. The molecule has 0 unspecified atom stereocenters. The van der Waals surface area contributed by atoms with E-state index < -0.39 is 0 Å². The van der Waals surface area contributed by atoms with Crippen molar-refractivity contribution in [2.75, 3.05) is 12.8 Å². The Morgan fingerprint density at radius 1 is 1.25 bits per heavy atom. The molecule has 20 heavy (non-hydrogen) atoms. The van der Waals surface area contributed by atoms with E-state index in [-0.39, 0.29) is 11.6 Å². The van der Waals surface area contributed by atoms with Gasteiger partial charge >= 0.3 is 0 Å². The first-order valence-electron chi connectivity index (χ1n) is 6.22. The molecule has 0 fully saturated rings. The molecule has 0 aliphatic rings. The minimum atomic E-state index is -0.380. The van der Waals surface area contributed by atoms with Crippen molar-refractivity contribution in [3.63, 3.8) is 0 Å². The van der Waals surface area contributed by atoms with Crippen molar-refractivity contribution in [2.45, 2.75) is 6.54 Å². The predicted octanol–water partition coefficient (Wildman–Crippen LogP) is 2.81. The lowest BCUT2D eigenvalue weighted by Gasteiger charge is -2.06. The van der Waals surface area contributed by atoms with Gasteiger partial charge in [-0.2, -0.15) is 5.10 Å².